The fraction of sp³-hybridized carbons (Fsp3) is 0.917. The Morgan fingerprint density at radius 3 is 2.93 bits per heavy atom. The minimum Gasteiger partial charge on any atom is -0.341 e. The summed E-state index contributed by atoms with van der Waals surface area (Å²) in [4.78, 5) is 14.2. The van der Waals surface area contributed by atoms with Crippen LogP contribution < -0.4 is 5.32 Å². The minimum atomic E-state index is 0.126. The molecular weight excluding hydrogens is 188 g/mol. The second-order valence-electron chi connectivity index (χ2n) is 4.85. The molecule has 2 saturated heterocycles. The molecule has 0 aromatic carbocycles. The molecule has 0 aromatic heterocycles. The second kappa shape index (κ2) is 4.97. The van der Waals surface area contributed by atoms with E-state index < -0.39 is 0 Å². The van der Waals surface area contributed by atoms with Crippen molar-refractivity contribution in [2.75, 3.05) is 19.6 Å². The van der Waals surface area contributed by atoms with E-state index in [1.165, 1.54) is 19.3 Å². The van der Waals surface area contributed by atoms with Crippen molar-refractivity contribution in [3.63, 3.8) is 0 Å². The predicted molar refractivity (Wildman–Crippen MR) is 60.6 cm³/mol. The summed E-state index contributed by atoms with van der Waals surface area (Å²) in [6, 6.07) is 0.126. The average molecular weight is 210 g/mol. The van der Waals surface area contributed by atoms with Crippen LogP contribution in [-0.4, -0.2) is 36.5 Å². The largest absolute Gasteiger partial charge is 0.341 e. The lowest BCUT2D eigenvalue weighted by Gasteiger charge is -2.33. The molecular formula is C12H22N2O. The molecule has 0 aliphatic carbocycles. The van der Waals surface area contributed by atoms with E-state index in [-0.39, 0.29) is 6.04 Å². The summed E-state index contributed by atoms with van der Waals surface area (Å²) in [5.74, 6) is 1.09. The maximum absolute atomic E-state index is 12.1. The van der Waals surface area contributed by atoms with E-state index in [4.69, 9.17) is 0 Å². The third-order valence-electron chi connectivity index (χ3n) is 3.77. The van der Waals surface area contributed by atoms with Gasteiger partial charge in [0.05, 0.1) is 6.04 Å². The summed E-state index contributed by atoms with van der Waals surface area (Å²) in [5, 5.41) is 3.30. The van der Waals surface area contributed by atoms with Crippen molar-refractivity contribution in [1.29, 1.82) is 0 Å². The number of rotatable bonds is 2. The van der Waals surface area contributed by atoms with Crippen molar-refractivity contribution >= 4 is 5.91 Å². The van der Waals surface area contributed by atoms with Crippen LogP contribution in [0.25, 0.3) is 0 Å². The standard InChI is InChI=1S/C12H22N2O/c1-2-10-5-4-8-14(9-10)12(15)11-6-3-7-13-11/h10-11,13H,2-9H2,1H3/t10?,11-/m0/s1. The summed E-state index contributed by atoms with van der Waals surface area (Å²) in [6.45, 7) is 5.22. The van der Waals surface area contributed by atoms with Crippen molar-refractivity contribution in [3.05, 3.63) is 0 Å². The fourth-order valence-corrected chi connectivity index (χ4v) is 2.71. The van der Waals surface area contributed by atoms with Gasteiger partial charge < -0.3 is 10.2 Å². The molecule has 2 aliphatic rings. The normalized spacial score (nSPS) is 31.9. The molecule has 0 radical (unpaired) electrons. The SMILES string of the molecule is CCC1CCCN(C(=O)[C@@H]2CCCN2)C1. The summed E-state index contributed by atoms with van der Waals surface area (Å²) in [6.07, 6.45) is 5.89. The van der Waals surface area contributed by atoms with E-state index >= 15 is 0 Å². The van der Waals surface area contributed by atoms with Gasteiger partial charge in [-0.2, -0.15) is 0 Å². The van der Waals surface area contributed by atoms with Crippen LogP contribution in [-0.2, 0) is 4.79 Å². The molecule has 2 fully saturated rings. The van der Waals surface area contributed by atoms with E-state index in [2.05, 4.69) is 17.1 Å². The van der Waals surface area contributed by atoms with Gasteiger partial charge in [-0.05, 0) is 38.1 Å². The topological polar surface area (TPSA) is 32.3 Å². The third-order valence-corrected chi connectivity index (χ3v) is 3.77. The molecule has 2 rings (SSSR count). The molecule has 1 unspecified atom stereocenters. The third kappa shape index (κ3) is 2.51. The van der Waals surface area contributed by atoms with Crippen molar-refractivity contribution < 1.29 is 4.79 Å². The van der Waals surface area contributed by atoms with E-state index in [9.17, 15) is 4.79 Å². The van der Waals surface area contributed by atoms with Gasteiger partial charge in [-0.15, -0.1) is 0 Å². The number of nitrogens with zero attached hydrogens (tertiary/aromatic N) is 1. The van der Waals surface area contributed by atoms with Crippen LogP contribution >= 0.6 is 0 Å². The number of likely N-dealkylation sites (tertiary alicyclic amines) is 1. The zero-order valence-electron chi connectivity index (χ0n) is 9.67. The zero-order chi connectivity index (χ0) is 10.7. The summed E-state index contributed by atoms with van der Waals surface area (Å²) >= 11 is 0. The number of piperidine rings is 1. The average Bonchev–Trinajstić information content (AvgIpc) is 2.81. The summed E-state index contributed by atoms with van der Waals surface area (Å²) in [5.41, 5.74) is 0. The molecule has 2 atom stereocenters. The first kappa shape index (κ1) is 10.9. The van der Waals surface area contributed by atoms with Crippen LogP contribution in [0.3, 0.4) is 0 Å². The van der Waals surface area contributed by atoms with Crippen LogP contribution in [0.2, 0.25) is 0 Å². The lowest BCUT2D eigenvalue weighted by molar-refractivity contribution is -0.134. The molecule has 1 amide bonds. The molecule has 2 aliphatic heterocycles. The number of amides is 1. The summed E-state index contributed by atoms with van der Waals surface area (Å²) in [7, 11) is 0. The van der Waals surface area contributed by atoms with Crippen molar-refractivity contribution in [2.24, 2.45) is 5.92 Å². The maximum atomic E-state index is 12.1. The Balaban J connectivity index is 1.88. The monoisotopic (exact) mass is 210 g/mol. The Kier molecular flexibility index (Phi) is 3.62. The second-order valence-corrected chi connectivity index (χ2v) is 4.85. The van der Waals surface area contributed by atoms with Gasteiger partial charge in [0, 0.05) is 13.1 Å². The molecule has 0 bridgehead atoms. The van der Waals surface area contributed by atoms with E-state index in [1.54, 1.807) is 0 Å². The van der Waals surface area contributed by atoms with Gasteiger partial charge >= 0.3 is 0 Å². The maximum Gasteiger partial charge on any atom is 0.239 e. The molecule has 0 spiro atoms. The molecule has 0 saturated carbocycles. The van der Waals surface area contributed by atoms with Gasteiger partial charge in [-0.25, -0.2) is 0 Å². The lowest BCUT2D eigenvalue weighted by atomic mass is 9.95. The van der Waals surface area contributed by atoms with E-state index in [0.29, 0.717) is 5.91 Å². The number of nitrogens with one attached hydrogen (secondary N) is 1. The van der Waals surface area contributed by atoms with Gasteiger partial charge in [0.2, 0.25) is 5.91 Å². The van der Waals surface area contributed by atoms with Gasteiger partial charge in [0.25, 0.3) is 0 Å². The number of carbonyl (C=O) groups excluding carboxylic acids is 1. The van der Waals surface area contributed by atoms with Crippen molar-refractivity contribution in [3.8, 4) is 0 Å². The van der Waals surface area contributed by atoms with Gasteiger partial charge in [0.1, 0.15) is 0 Å². The van der Waals surface area contributed by atoms with Crippen molar-refractivity contribution in [2.45, 2.75) is 45.1 Å². The smallest absolute Gasteiger partial charge is 0.239 e. The highest BCUT2D eigenvalue weighted by Gasteiger charge is 2.29. The van der Waals surface area contributed by atoms with Crippen LogP contribution in [0.1, 0.15) is 39.0 Å². The molecule has 86 valence electrons. The van der Waals surface area contributed by atoms with Gasteiger partial charge in [-0.3, -0.25) is 4.79 Å². The fourth-order valence-electron chi connectivity index (χ4n) is 2.71. The first-order valence-corrected chi connectivity index (χ1v) is 6.33. The van der Waals surface area contributed by atoms with Crippen LogP contribution in [0.5, 0.6) is 0 Å². The highest BCUT2D eigenvalue weighted by Crippen LogP contribution is 2.20. The number of hydrogen-bond acceptors (Lipinski definition) is 2. The first-order valence-electron chi connectivity index (χ1n) is 6.33. The zero-order valence-corrected chi connectivity index (χ0v) is 9.67. The Labute approximate surface area is 92.2 Å². The number of carbonyl (C=O) groups is 1. The Hall–Kier alpha value is -0.570. The van der Waals surface area contributed by atoms with Gasteiger partial charge in [0.15, 0.2) is 0 Å². The summed E-state index contributed by atoms with van der Waals surface area (Å²) < 4.78 is 0. The highest BCUT2D eigenvalue weighted by molar-refractivity contribution is 5.82. The Morgan fingerprint density at radius 2 is 2.27 bits per heavy atom. The molecule has 3 nitrogen and oxygen atoms in total. The van der Waals surface area contributed by atoms with E-state index in [0.717, 1.165) is 38.4 Å². The lowest BCUT2D eigenvalue weighted by Crippen LogP contribution is -2.47. The van der Waals surface area contributed by atoms with E-state index in [1.807, 2.05) is 0 Å². The molecule has 0 aromatic rings. The molecule has 15 heavy (non-hydrogen) atoms. The quantitative estimate of drug-likeness (QED) is 0.747. The first-order chi connectivity index (χ1) is 7.31. The Morgan fingerprint density at radius 1 is 1.40 bits per heavy atom. The minimum absolute atomic E-state index is 0.126. The molecule has 2 heterocycles. The van der Waals surface area contributed by atoms with Crippen LogP contribution in [0.15, 0.2) is 0 Å². The molecule has 1 N–H and O–H groups in total. The van der Waals surface area contributed by atoms with Crippen molar-refractivity contribution in [1.82, 2.24) is 10.2 Å². The highest BCUT2D eigenvalue weighted by atomic mass is 16.2. The predicted octanol–water partition coefficient (Wildman–Crippen LogP) is 1.39. The van der Waals surface area contributed by atoms with Crippen LogP contribution in [0, 0.1) is 5.92 Å². The molecule has 3 heteroatoms. The number of hydrogen-bond donors (Lipinski definition) is 1. The Bertz CT molecular complexity index is 224. The van der Waals surface area contributed by atoms with Crippen LogP contribution in [0.4, 0.5) is 0 Å². The van der Waals surface area contributed by atoms with Gasteiger partial charge in [-0.1, -0.05) is 13.3 Å².